The van der Waals surface area contributed by atoms with Crippen LogP contribution in [-0.2, 0) is 4.79 Å². The van der Waals surface area contributed by atoms with Gasteiger partial charge in [-0.2, -0.15) is 0 Å². The number of ether oxygens (including phenoxy) is 1. The van der Waals surface area contributed by atoms with Crippen LogP contribution in [-0.4, -0.2) is 17.5 Å². The molecule has 0 atom stereocenters. The number of thiazole rings is 1. The number of carbonyl (C=O) groups is 1. The predicted molar refractivity (Wildman–Crippen MR) is 113 cm³/mol. The Balaban J connectivity index is 1.63. The summed E-state index contributed by atoms with van der Waals surface area (Å²) in [6.45, 7) is 3.90. The van der Waals surface area contributed by atoms with E-state index in [1.807, 2.05) is 56.3 Å². The van der Waals surface area contributed by atoms with Crippen molar-refractivity contribution in [2.24, 2.45) is 0 Å². The lowest BCUT2D eigenvalue weighted by atomic mass is 10.1. The number of amides is 1. The minimum Gasteiger partial charge on any atom is -0.484 e. The van der Waals surface area contributed by atoms with Crippen LogP contribution in [0.4, 0.5) is 5.13 Å². The molecule has 7 heteroatoms. The molecule has 3 aromatic rings. The third-order valence-corrected chi connectivity index (χ3v) is 5.96. The van der Waals surface area contributed by atoms with E-state index in [2.05, 4.69) is 42.2 Å². The molecule has 0 saturated carbocycles. The van der Waals surface area contributed by atoms with Crippen LogP contribution in [0.5, 0.6) is 5.75 Å². The van der Waals surface area contributed by atoms with Gasteiger partial charge >= 0.3 is 0 Å². The Labute approximate surface area is 172 Å². The molecule has 0 fully saturated rings. The van der Waals surface area contributed by atoms with E-state index in [0.717, 1.165) is 30.6 Å². The van der Waals surface area contributed by atoms with Crippen molar-refractivity contribution < 1.29 is 9.53 Å². The van der Waals surface area contributed by atoms with E-state index in [1.165, 1.54) is 11.3 Å². The summed E-state index contributed by atoms with van der Waals surface area (Å²) < 4.78 is 7.57. The van der Waals surface area contributed by atoms with Crippen molar-refractivity contribution in [3.63, 3.8) is 0 Å². The maximum Gasteiger partial charge on any atom is 0.264 e. The second kappa shape index (κ2) is 8.33. The number of benzene rings is 2. The third-order valence-electron chi connectivity index (χ3n) is 3.66. The molecule has 0 bridgehead atoms. The van der Waals surface area contributed by atoms with E-state index in [1.54, 1.807) is 0 Å². The van der Waals surface area contributed by atoms with Gasteiger partial charge in [0.15, 0.2) is 11.7 Å². The first-order valence-corrected chi connectivity index (χ1v) is 10.2. The number of aryl methyl sites for hydroxylation is 2. The fourth-order valence-corrected chi connectivity index (χ4v) is 3.70. The highest BCUT2D eigenvalue weighted by molar-refractivity contribution is 9.10. The summed E-state index contributed by atoms with van der Waals surface area (Å²) in [4.78, 5) is 17.7. The summed E-state index contributed by atoms with van der Waals surface area (Å²) in [5.41, 5.74) is 2.95. The Morgan fingerprint density at radius 3 is 2.58 bits per heavy atom. The fourth-order valence-electron chi connectivity index (χ4n) is 2.34. The Kier molecular flexibility index (Phi) is 6.11. The summed E-state index contributed by atoms with van der Waals surface area (Å²) >= 11 is 8.32. The lowest BCUT2D eigenvalue weighted by Gasteiger charge is -2.07. The molecule has 3 rings (SSSR count). The fraction of sp³-hybridized carbons (Fsp3) is 0.158. The summed E-state index contributed by atoms with van der Waals surface area (Å²) in [5, 5.41) is 3.38. The molecule has 0 aliphatic carbocycles. The lowest BCUT2D eigenvalue weighted by molar-refractivity contribution is -0.118. The molecule has 1 heterocycles. The van der Waals surface area contributed by atoms with Crippen LogP contribution in [0.25, 0.3) is 11.3 Å². The van der Waals surface area contributed by atoms with Crippen LogP contribution in [0.3, 0.4) is 0 Å². The lowest BCUT2D eigenvalue weighted by Crippen LogP contribution is -2.20. The van der Waals surface area contributed by atoms with Crippen LogP contribution < -0.4 is 10.1 Å². The van der Waals surface area contributed by atoms with Gasteiger partial charge in [-0.3, -0.25) is 10.1 Å². The Bertz CT molecular complexity index is 939. The number of aromatic nitrogens is 1. The number of carbonyl (C=O) groups excluding carboxylic acids is 1. The van der Waals surface area contributed by atoms with Crippen LogP contribution >= 0.6 is 43.2 Å². The first kappa shape index (κ1) is 19.1. The standard InChI is InChI=1S/C19H16Br2N2O2S/c1-11-9-15(7-8-16(11)21)25-10-17(24)22-19-23-18(12(2)26-19)13-3-5-14(20)6-4-13/h3-9H,10H2,1-2H3,(H,22,23,24). The number of nitrogens with one attached hydrogen (secondary N) is 1. The molecular weight excluding hydrogens is 480 g/mol. The second-order valence-corrected chi connectivity index (χ2v) is 8.65. The van der Waals surface area contributed by atoms with Crippen molar-refractivity contribution in [2.45, 2.75) is 13.8 Å². The third kappa shape index (κ3) is 4.72. The van der Waals surface area contributed by atoms with E-state index in [0.29, 0.717) is 10.9 Å². The minimum atomic E-state index is -0.235. The SMILES string of the molecule is Cc1cc(OCC(=O)Nc2nc(-c3ccc(Br)cc3)c(C)s2)ccc1Br. The summed E-state index contributed by atoms with van der Waals surface area (Å²) in [6.07, 6.45) is 0. The van der Waals surface area contributed by atoms with E-state index in [9.17, 15) is 4.79 Å². The average molecular weight is 496 g/mol. The van der Waals surface area contributed by atoms with E-state index in [4.69, 9.17) is 4.74 Å². The number of hydrogen-bond donors (Lipinski definition) is 1. The average Bonchev–Trinajstić information content (AvgIpc) is 2.97. The summed E-state index contributed by atoms with van der Waals surface area (Å²) in [6, 6.07) is 13.5. The van der Waals surface area contributed by atoms with Crippen LogP contribution in [0.2, 0.25) is 0 Å². The largest absolute Gasteiger partial charge is 0.484 e. The van der Waals surface area contributed by atoms with Gasteiger partial charge in [-0.25, -0.2) is 4.98 Å². The van der Waals surface area contributed by atoms with Crippen molar-refractivity contribution in [2.75, 3.05) is 11.9 Å². The van der Waals surface area contributed by atoms with E-state index < -0.39 is 0 Å². The van der Waals surface area contributed by atoms with Crippen molar-refractivity contribution in [3.05, 3.63) is 61.9 Å². The van der Waals surface area contributed by atoms with E-state index >= 15 is 0 Å². The summed E-state index contributed by atoms with van der Waals surface area (Å²) in [5.74, 6) is 0.424. The van der Waals surface area contributed by atoms with Crippen molar-refractivity contribution in [1.29, 1.82) is 0 Å². The molecule has 1 aromatic heterocycles. The van der Waals surface area contributed by atoms with Gasteiger partial charge in [0, 0.05) is 19.4 Å². The van der Waals surface area contributed by atoms with Gasteiger partial charge < -0.3 is 4.74 Å². The number of nitrogens with zero attached hydrogens (tertiary/aromatic N) is 1. The topological polar surface area (TPSA) is 51.2 Å². The normalized spacial score (nSPS) is 10.6. The van der Waals surface area contributed by atoms with Gasteiger partial charge in [0.05, 0.1) is 5.69 Å². The maximum atomic E-state index is 12.2. The van der Waals surface area contributed by atoms with Gasteiger partial charge in [0.25, 0.3) is 5.91 Å². The van der Waals surface area contributed by atoms with Crippen LogP contribution in [0.1, 0.15) is 10.4 Å². The van der Waals surface area contributed by atoms with Gasteiger partial charge in [-0.1, -0.05) is 44.0 Å². The Morgan fingerprint density at radius 1 is 1.15 bits per heavy atom. The zero-order valence-corrected chi connectivity index (χ0v) is 18.2. The molecule has 4 nitrogen and oxygen atoms in total. The number of hydrogen-bond acceptors (Lipinski definition) is 4. The molecule has 0 aliphatic rings. The molecule has 0 spiro atoms. The first-order chi connectivity index (χ1) is 12.4. The highest BCUT2D eigenvalue weighted by Crippen LogP contribution is 2.31. The second-order valence-electron chi connectivity index (χ2n) is 5.68. The number of halogens is 2. The van der Waals surface area contributed by atoms with Gasteiger partial charge in [0.1, 0.15) is 5.75 Å². The highest BCUT2D eigenvalue weighted by atomic mass is 79.9. The maximum absolute atomic E-state index is 12.2. The molecule has 0 aliphatic heterocycles. The number of rotatable bonds is 5. The monoisotopic (exact) mass is 494 g/mol. The number of anilines is 1. The molecule has 0 saturated heterocycles. The molecular formula is C19H16Br2N2O2S. The smallest absolute Gasteiger partial charge is 0.264 e. The molecule has 0 radical (unpaired) electrons. The van der Waals surface area contributed by atoms with Crippen LogP contribution in [0, 0.1) is 13.8 Å². The predicted octanol–water partition coefficient (Wildman–Crippen LogP) is 5.97. The molecule has 1 amide bonds. The van der Waals surface area contributed by atoms with Gasteiger partial charge in [-0.15, -0.1) is 11.3 Å². The van der Waals surface area contributed by atoms with Crippen molar-refractivity contribution >= 4 is 54.2 Å². The van der Waals surface area contributed by atoms with Crippen molar-refractivity contribution in [3.8, 4) is 17.0 Å². The summed E-state index contributed by atoms with van der Waals surface area (Å²) in [7, 11) is 0. The highest BCUT2D eigenvalue weighted by Gasteiger charge is 2.12. The Morgan fingerprint density at radius 2 is 1.88 bits per heavy atom. The Hall–Kier alpha value is -1.70. The zero-order chi connectivity index (χ0) is 18.7. The quantitative estimate of drug-likeness (QED) is 0.474. The molecule has 134 valence electrons. The molecule has 0 unspecified atom stereocenters. The van der Waals surface area contributed by atoms with Gasteiger partial charge in [-0.05, 0) is 49.7 Å². The van der Waals surface area contributed by atoms with Crippen LogP contribution in [0.15, 0.2) is 51.4 Å². The molecule has 1 N–H and O–H groups in total. The molecule has 26 heavy (non-hydrogen) atoms. The van der Waals surface area contributed by atoms with Gasteiger partial charge in [0.2, 0.25) is 0 Å². The van der Waals surface area contributed by atoms with E-state index in [-0.39, 0.29) is 12.5 Å². The first-order valence-electron chi connectivity index (χ1n) is 7.84. The van der Waals surface area contributed by atoms with Crippen molar-refractivity contribution in [1.82, 2.24) is 4.98 Å². The molecule has 2 aromatic carbocycles. The minimum absolute atomic E-state index is 0.0622. The zero-order valence-electron chi connectivity index (χ0n) is 14.2.